The predicted octanol–water partition coefficient (Wildman–Crippen LogP) is 4.05. The maximum Gasteiger partial charge on any atom is 0.101 e. The van der Waals surface area contributed by atoms with E-state index in [1.54, 1.807) is 11.8 Å². The molecule has 3 heteroatoms. The first kappa shape index (κ1) is 15.1. The van der Waals surface area contributed by atoms with Gasteiger partial charge in [0.15, 0.2) is 0 Å². The fourth-order valence-electron chi connectivity index (χ4n) is 2.28. The predicted molar refractivity (Wildman–Crippen MR) is 86.4 cm³/mol. The van der Waals surface area contributed by atoms with Crippen molar-refractivity contribution in [3.05, 3.63) is 52.7 Å². The number of hydrogen-bond donors (Lipinski definition) is 1. The Labute approximate surface area is 125 Å². The largest absolute Gasteiger partial charge is 0.328 e. The van der Waals surface area contributed by atoms with Gasteiger partial charge >= 0.3 is 0 Å². The molecule has 0 radical (unpaired) electrons. The Morgan fingerprint density at radius 1 is 1.10 bits per heavy atom. The summed E-state index contributed by atoms with van der Waals surface area (Å²) >= 11 is 1.73. The van der Waals surface area contributed by atoms with E-state index in [1.165, 1.54) is 21.6 Å². The molecule has 1 heterocycles. The molecule has 0 fully saturated rings. The third-order valence-electron chi connectivity index (χ3n) is 3.05. The van der Waals surface area contributed by atoms with Crippen molar-refractivity contribution < 1.29 is 0 Å². The molecule has 1 atom stereocenters. The van der Waals surface area contributed by atoms with Crippen LogP contribution in [0.15, 0.2) is 40.3 Å². The smallest absolute Gasteiger partial charge is 0.101 e. The van der Waals surface area contributed by atoms with Crippen molar-refractivity contribution in [3.8, 4) is 0 Å². The Hall–Kier alpha value is -1.32. The van der Waals surface area contributed by atoms with Crippen molar-refractivity contribution in [2.75, 3.05) is 0 Å². The molecular formula is C17H22N2S. The van der Waals surface area contributed by atoms with Gasteiger partial charge in [-0.25, -0.2) is 4.98 Å². The highest BCUT2D eigenvalue weighted by atomic mass is 32.2. The first-order chi connectivity index (χ1) is 9.44. The van der Waals surface area contributed by atoms with Crippen molar-refractivity contribution in [3.63, 3.8) is 0 Å². The van der Waals surface area contributed by atoms with Gasteiger partial charge in [0.1, 0.15) is 5.03 Å². The molecule has 0 aliphatic heterocycles. The van der Waals surface area contributed by atoms with Gasteiger partial charge in [-0.1, -0.05) is 29.5 Å². The summed E-state index contributed by atoms with van der Waals surface area (Å²) in [4.78, 5) is 5.86. The summed E-state index contributed by atoms with van der Waals surface area (Å²) in [5, 5.41) is 1.05. The molecule has 2 nitrogen and oxygen atoms in total. The number of aryl methyl sites for hydroxylation is 3. The van der Waals surface area contributed by atoms with Crippen molar-refractivity contribution in [2.45, 2.75) is 50.1 Å². The molecule has 0 aliphatic rings. The van der Waals surface area contributed by atoms with Crippen LogP contribution in [0.25, 0.3) is 0 Å². The number of nitrogens with zero attached hydrogens (tertiary/aromatic N) is 1. The molecule has 1 aromatic carbocycles. The van der Waals surface area contributed by atoms with E-state index in [2.05, 4.69) is 49.2 Å². The summed E-state index contributed by atoms with van der Waals surface area (Å²) in [7, 11) is 0. The highest BCUT2D eigenvalue weighted by Crippen LogP contribution is 2.31. The van der Waals surface area contributed by atoms with Crippen molar-refractivity contribution >= 4 is 11.8 Å². The molecule has 106 valence electrons. The van der Waals surface area contributed by atoms with Gasteiger partial charge < -0.3 is 5.73 Å². The van der Waals surface area contributed by atoms with Gasteiger partial charge in [0.05, 0.1) is 0 Å². The molecule has 0 spiro atoms. The molecule has 0 aliphatic carbocycles. The Morgan fingerprint density at radius 3 is 2.50 bits per heavy atom. The molecule has 1 unspecified atom stereocenters. The molecule has 0 saturated carbocycles. The minimum absolute atomic E-state index is 0.170. The fourth-order valence-corrected chi connectivity index (χ4v) is 3.35. The van der Waals surface area contributed by atoms with Gasteiger partial charge in [0.25, 0.3) is 0 Å². The van der Waals surface area contributed by atoms with Crippen LogP contribution < -0.4 is 5.73 Å². The Morgan fingerprint density at radius 2 is 1.85 bits per heavy atom. The van der Waals surface area contributed by atoms with Crippen LogP contribution in [0.1, 0.15) is 29.3 Å². The summed E-state index contributed by atoms with van der Waals surface area (Å²) < 4.78 is 0. The van der Waals surface area contributed by atoms with Gasteiger partial charge in [-0.3, -0.25) is 0 Å². The fraction of sp³-hybridized carbons (Fsp3) is 0.353. The zero-order chi connectivity index (χ0) is 14.7. The quantitative estimate of drug-likeness (QED) is 0.921. The number of benzene rings is 1. The lowest BCUT2D eigenvalue weighted by atomic mass is 10.1. The Balaban J connectivity index is 2.32. The summed E-state index contributed by atoms with van der Waals surface area (Å²) in [6, 6.07) is 11.0. The van der Waals surface area contributed by atoms with Crippen molar-refractivity contribution in [1.29, 1.82) is 0 Å². The number of aromatic nitrogens is 1. The lowest BCUT2D eigenvalue weighted by Gasteiger charge is -2.12. The van der Waals surface area contributed by atoms with Crippen LogP contribution in [-0.4, -0.2) is 11.0 Å². The van der Waals surface area contributed by atoms with Crippen LogP contribution in [0.3, 0.4) is 0 Å². The molecule has 2 N–H and O–H groups in total. The van der Waals surface area contributed by atoms with E-state index >= 15 is 0 Å². The van der Waals surface area contributed by atoms with Crippen molar-refractivity contribution in [1.82, 2.24) is 4.98 Å². The van der Waals surface area contributed by atoms with E-state index in [9.17, 15) is 0 Å². The third kappa shape index (κ3) is 4.09. The zero-order valence-corrected chi connectivity index (χ0v) is 13.4. The molecule has 0 saturated heterocycles. The van der Waals surface area contributed by atoms with E-state index in [1.807, 2.05) is 13.8 Å². The van der Waals surface area contributed by atoms with E-state index in [0.29, 0.717) is 0 Å². The monoisotopic (exact) mass is 286 g/mol. The summed E-state index contributed by atoms with van der Waals surface area (Å²) in [6.07, 6.45) is 0.898. The van der Waals surface area contributed by atoms with E-state index in [-0.39, 0.29) is 6.04 Å². The van der Waals surface area contributed by atoms with Gasteiger partial charge in [0.2, 0.25) is 0 Å². The van der Waals surface area contributed by atoms with Gasteiger partial charge in [0, 0.05) is 16.6 Å². The minimum Gasteiger partial charge on any atom is -0.328 e. The van der Waals surface area contributed by atoms with E-state index in [4.69, 9.17) is 5.73 Å². The number of rotatable bonds is 4. The molecule has 0 amide bonds. The standard InChI is InChI=1S/C17H22N2S/c1-11-5-6-16(15(8-11)10-13(3)18)20-17-9-12(2)7-14(4)19-17/h5-9,13H,10,18H2,1-4H3. The normalized spacial score (nSPS) is 12.4. The number of pyridine rings is 1. The SMILES string of the molecule is Cc1cc(C)nc(Sc2ccc(C)cc2CC(C)N)c1. The minimum atomic E-state index is 0.170. The second-order valence-electron chi connectivity index (χ2n) is 5.52. The molecule has 20 heavy (non-hydrogen) atoms. The maximum absolute atomic E-state index is 5.96. The van der Waals surface area contributed by atoms with Gasteiger partial charge in [-0.05, 0) is 63.4 Å². The van der Waals surface area contributed by atoms with Crippen LogP contribution >= 0.6 is 11.8 Å². The molecular weight excluding hydrogens is 264 g/mol. The van der Waals surface area contributed by atoms with Crippen molar-refractivity contribution in [2.24, 2.45) is 5.73 Å². The number of hydrogen-bond acceptors (Lipinski definition) is 3. The van der Waals surface area contributed by atoms with Crippen LogP contribution in [0.5, 0.6) is 0 Å². The second kappa shape index (κ2) is 6.42. The summed E-state index contributed by atoms with van der Waals surface area (Å²) in [6.45, 7) is 8.31. The maximum atomic E-state index is 5.96. The average molecular weight is 286 g/mol. The first-order valence-electron chi connectivity index (χ1n) is 6.92. The molecule has 1 aromatic heterocycles. The van der Waals surface area contributed by atoms with Crippen LogP contribution in [0.2, 0.25) is 0 Å². The topological polar surface area (TPSA) is 38.9 Å². The second-order valence-corrected chi connectivity index (χ2v) is 6.58. The van der Waals surface area contributed by atoms with Gasteiger partial charge in [-0.2, -0.15) is 0 Å². The highest BCUT2D eigenvalue weighted by molar-refractivity contribution is 7.99. The number of nitrogens with two attached hydrogens (primary N) is 1. The highest BCUT2D eigenvalue weighted by Gasteiger charge is 2.08. The molecule has 2 aromatic rings. The van der Waals surface area contributed by atoms with Crippen LogP contribution in [-0.2, 0) is 6.42 Å². The van der Waals surface area contributed by atoms with E-state index < -0.39 is 0 Å². The van der Waals surface area contributed by atoms with Crippen LogP contribution in [0, 0.1) is 20.8 Å². The lowest BCUT2D eigenvalue weighted by molar-refractivity contribution is 0.728. The van der Waals surface area contributed by atoms with E-state index in [0.717, 1.165) is 17.1 Å². The Kier molecular flexibility index (Phi) is 4.84. The van der Waals surface area contributed by atoms with Crippen LogP contribution in [0.4, 0.5) is 0 Å². The Bertz CT molecular complexity index is 586. The molecule has 0 bridgehead atoms. The third-order valence-corrected chi connectivity index (χ3v) is 4.08. The summed E-state index contributed by atoms with van der Waals surface area (Å²) in [5.74, 6) is 0. The molecule has 2 rings (SSSR count). The lowest BCUT2D eigenvalue weighted by Crippen LogP contribution is -2.18. The van der Waals surface area contributed by atoms with Gasteiger partial charge in [-0.15, -0.1) is 0 Å². The summed E-state index contributed by atoms with van der Waals surface area (Å²) in [5.41, 5.74) is 10.9. The average Bonchev–Trinajstić information content (AvgIpc) is 2.30. The zero-order valence-electron chi connectivity index (χ0n) is 12.6. The first-order valence-corrected chi connectivity index (χ1v) is 7.74.